The van der Waals surface area contributed by atoms with Crippen LogP contribution in [0.5, 0.6) is 0 Å². The summed E-state index contributed by atoms with van der Waals surface area (Å²) in [5, 5.41) is 3.33. The SMILES string of the molecule is CC(=O)N[C@@H]1CCCN(C(=O)C[S@@](=O)c2cccc(Cl)c2)C1. The Balaban J connectivity index is 1.93. The summed E-state index contributed by atoms with van der Waals surface area (Å²) in [5.74, 6) is -0.317. The van der Waals surface area contributed by atoms with E-state index in [1.165, 1.54) is 6.92 Å². The molecule has 1 heterocycles. The molecule has 2 amide bonds. The number of nitrogens with zero attached hydrogens (tertiary/aromatic N) is 1. The van der Waals surface area contributed by atoms with E-state index in [9.17, 15) is 13.8 Å². The van der Waals surface area contributed by atoms with E-state index in [1.54, 1.807) is 29.2 Å². The van der Waals surface area contributed by atoms with Crippen LogP contribution < -0.4 is 5.32 Å². The molecule has 1 aliphatic heterocycles. The second-order valence-electron chi connectivity index (χ2n) is 5.33. The van der Waals surface area contributed by atoms with Crippen LogP contribution in [0.25, 0.3) is 0 Å². The molecule has 2 rings (SSSR count). The number of hydrogen-bond donors (Lipinski definition) is 1. The molecule has 0 spiro atoms. The minimum Gasteiger partial charge on any atom is -0.352 e. The van der Waals surface area contributed by atoms with Crippen molar-refractivity contribution in [3.63, 3.8) is 0 Å². The van der Waals surface area contributed by atoms with Crippen LogP contribution in [0.1, 0.15) is 19.8 Å². The van der Waals surface area contributed by atoms with Crippen molar-refractivity contribution >= 4 is 34.2 Å². The molecule has 7 heteroatoms. The standard InChI is InChI=1S/C15H19ClN2O3S/c1-11(19)17-13-5-3-7-18(9-13)15(20)10-22(21)14-6-2-4-12(16)8-14/h2,4,6,8,13H,3,5,7,9-10H2,1H3,(H,17,19)/t13-,22-/m1/s1. The molecule has 1 N–H and O–H groups in total. The summed E-state index contributed by atoms with van der Waals surface area (Å²) in [4.78, 5) is 25.6. The summed E-state index contributed by atoms with van der Waals surface area (Å²) in [6, 6.07) is 6.71. The normalized spacial score (nSPS) is 19.5. The van der Waals surface area contributed by atoms with Gasteiger partial charge in [0, 0.05) is 36.0 Å². The van der Waals surface area contributed by atoms with Crippen molar-refractivity contribution < 1.29 is 13.8 Å². The van der Waals surface area contributed by atoms with Gasteiger partial charge in [-0.2, -0.15) is 0 Å². The molecular formula is C15H19ClN2O3S. The second-order valence-corrected chi connectivity index (χ2v) is 7.21. The zero-order valence-corrected chi connectivity index (χ0v) is 14.0. The number of halogens is 1. The fourth-order valence-corrected chi connectivity index (χ4v) is 3.82. The molecule has 22 heavy (non-hydrogen) atoms. The van der Waals surface area contributed by atoms with E-state index in [-0.39, 0.29) is 23.6 Å². The summed E-state index contributed by atoms with van der Waals surface area (Å²) in [7, 11) is -1.41. The smallest absolute Gasteiger partial charge is 0.235 e. The molecule has 0 unspecified atom stereocenters. The minimum absolute atomic E-state index is 0.0187. The molecule has 1 aromatic carbocycles. The summed E-state index contributed by atoms with van der Waals surface area (Å²) >= 11 is 5.87. The lowest BCUT2D eigenvalue weighted by atomic mass is 10.1. The largest absolute Gasteiger partial charge is 0.352 e. The highest BCUT2D eigenvalue weighted by molar-refractivity contribution is 7.85. The second kappa shape index (κ2) is 7.74. The highest BCUT2D eigenvalue weighted by atomic mass is 35.5. The van der Waals surface area contributed by atoms with Gasteiger partial charge >= 0.3 is 0 Å². The predicted octanol–water partition coefficient (Wildman–Crippen LogP) is 1.57. The maximum atomic E-state index is 12.3. The van der Waals surface area contributed by atoms with Gasteiger partial charge in [-0.25, -0.2) is 0 Å². The van der Waals surface area contributed by atoms with Crippen LogP contribution in [-0.2, 0) is 20.4 Å². The van der Waals surface area contributed by atoms with E-state index in [0.29, 0.717) is 23.0 Å². The molecule has 5 nitrogen and oxygen atoms in total. The van der Waals surface area contributed by atoms with Crippen molar-refractivity contribution in [3.05, 3.63) is 29.3 Å². The third-order valence-corrected chi connectivity index (χ3v) is 5.02. The van der Waals surface area contributed by atoms with E-state index < -0.39 is 10.8 Å². The number of hydrogen-bond acceptors (Lipinski definition) is 3. The molecule has 0 radical (unpaired) electrons. The van der Waals surface area contributed by atoms with Crippen LogP contribution >= 0.6 is 11.6 Å². The topological polar surface area (TPSA) is 66.5 Å². The van der Waals surface area contributed by atoms with Gasteiger partial charge < -0.3 is 10.2 Å². The maximum absolute atomic E-state index is 12.3. The van der Waals surface area contributed by atoms with E-state index in [0.717, 1.165) is 12.8 Å². The fraction of sp³-hybridized carbons (Fsp3) is 0.467. The van der Waals surface area contributed by atoms with Gasteiger partial charge in [0.05, 0.1) is 10.8 Å². The number of likely N-dealkylation sites (tertiary alicyclic amines) is 1. The first-order chi connectivity index (χ1) is 10.5. The average molecular weight is 343 g/mol. The fourth-order valence-electron chi connectivity index (χ4n) is 2.50. The van der Waals surface area contributed by atoms with E-state index in [2.05, 4.69) is 5.32 Å². The van der Waals surface area contributed by atoms with Gasteiger partial charge in [0.1, 0.15) is 5.75 Å². The molecular weight excluding hydrogens is 324 g/mol. The van der Waals surface area contributed by atoms with Crippen molar-refractivity contribution in [2.45, 2.75) is 30.7 Å². The van der Waals surface area contributed by atoms with Gasteiger partial charge in [-0.3, -0.25) is 13.8 Å². The van der Waals surface area contributed by atoms with Gasteiger partial charge in [0.25, 0.3) is 0 Å². The molecule has 1 saturated heterocycles. The van der Waals surface area contributed by atoms with Crippen molar-refractivity contribution in [1.82, 2.24) is 10.2 Å². The third-order valence-electron chi connectivity index (χ3n) is 3.50. The number of carbonyl (C=O) groups is 2. The van der Waals surface area contributed by atoms with Gasteiger partial charge in [-0.05, 0) is 31.0 Å². The number of carbonyl (C=O) groups excluding carboxylic acids is 2. The van der Waals surface area contributed by atoms with Crippen LogP contribution in [0.2, 0.25) is 5.02 Å². The van der Waals surface area contributed by atoms with Crippen LogP contribution in [0.15, 0.2) is 29.2 Å². The van der Waals surface area contributed by atoms with Crippen molar-refractivity contribution in [2.24, 2.45) is 0 Å². The number of rotatable bonds is 4. The Labute approximate surface area is 137 Å². The minimum atomic E-state index is -1.41. The van der Waals surface area contributed by atoms with Crippen LogP contribution in [-0.4, -0.2) is 45.8 Å². The Morgan fingerprint density at radius 1 is 1.45 bits per heavy atom. The monoisotopic (exact) mass is 342 g/mol. The number of benzene rings is 1. The molecule has 120 valence electrons. The molecule has 1 aromatic rings. The van der Waals surface area contributed by atoms with Gasteiger partial charge in [0.15, 0.2) is 0 Å². The molecule has 0 aliphatic carbocycles. The molecule has 0 bridgehead atoms. The van der Waals surface area contributed by atoms with Crippen LogP contribution in [0, 0.1) is 0 Å². The lowest BCUT2D eigenvalue weighted by molar-refractivity contribution is -0.130. The average Bonchev–Trinajstić information content (AvgIpc) is 2.46. The summed E-state index contributed by atoms with van der Waals surface area (Å²) in [5.41, 5.74) is 0. The molecule has 1 fully saturated rings. The van der Waals surface area contributed by atoms with Crippen LogP contribution in [0.4, 0.5) is 0 Å². The first-order valence-electron chi connectivity index (χ1n) is 7.14. The zero-order chi connectivity index (χ0) is 16.1. The Bertz CT molecular complexity index is 594. The lowest BCUT2D eigenvalue weighted by Gasteiger charge is -2.33. The molecule has 2 atom stereocenters. The van der Waals surface area contributed by atoms with E-state index >= 15 is 0 Å². The third kappa shape index (κ3) is 4.81. The van der Waals surface area contributed by atoms with Gasteiger partial charge in [0.2, 0.25) is 11.8 Å². The van der Waals surface area contributed by atoms with Crippen molar-refractivity contribution in [1.29, 1.82) is 0 Å². The van der Waals surface area contributed by atoms with Crippen molar-refractivity contribution in [2.75, 3.05) is 18.8 Å². The molecule has 0 saturated carbocycles. The molecule has 0 aromatic heterocycles. The lowest BCUT2D eigenvalue weighted by Crippen LogP contribution is -2.50. The van der Waals surface area contributed by atoms with Crippen LogP contribution in [0.3, 0.4) is 0 Å². The first-order valence-corrected chi connectivity index (χ1v) is 8.84. The number of amides is 2. The van der Waals surface area contributed by atoms with E-state index in [1.807, 2.05) is 0 Å². The van der Waals surface area contributed by atoms with Crippen molar-refractivity contribution in [3.8, 4) is 0 Å². The summed E-state index contributed by atoms with van der Waals surface area (Å²) in [6.07, 6.45) is 1.70. The van der Waals surface area contributed by atoms with Gasteiger partial charge in [-0.1, -0.05) is 17.7 Å². The summed E-state index contributed by atoms with van der Waals surface area (Å²) in [6.45, 7) is 2.59. The Kier molecular flexibility index (Phi) is 5.97. The zero-order valence-electron chi connectivity index (χ0n) is 12.4. The first kappa shape index (κ1) is 17.0. The van der Waals surface area contributed by atoms with E-state index in [4.69, 9.17) is 11.6 Å². The highest BCUT2D eigenvalue weighted by Crippen LogP contribution is 2.16. The number of piperidine rings is 1. The Morgan fingerprint density at radius 2 is 2.23 bits per heavy atom. The quantitative estimate of drug-likeness (QED) is 0.903. The molecule has 1 aliphatic rings. The predicted molar refractivity (Wildman–Crippen MR) is 86.1 cm³/mol. The Hall–Kier alpha value is -1.40. The number of nitrogens with one attached hydrogen (secondary N) is 1. The van der Waals surface area contributed by atoms with Gasteiger partial charge in [-0.15, -0.1) is 0 Å². The summed E-state index contributed by atoms with van der Waals surface area (Å²) < 4.78 is 12.2. The Morgan fingerprint density at radius 3 is 2.91 bits per heavy atom. The maximum Gasteiger partial charge on any atom is 0.235 e. The highest BCUT2D eigenvalue weighted by Gasteiger charge is 2.25.